The van der Waals surface area contributed by atoms with E-state index in [1.165, 1.54) is 0 Å². The second-order valence-corrected chi connectivity index (χ2v) is 1.91. The van der Waals surface area contributed by atoms with Gasteiger partial charge in [0.15, 0.2) is 0 Å². The molecule has 0 aromatic carbocycles. The Balaban J connectivity index is 4.28. The first-order chi connectivity index (χ1) is 4.76. The number of nitrogens with zero attached hydrogens (tertiary/aromatic N) is 1. The summed E-state index contributed by atoms with van der Waals surface area (Å²) in [6, 6.07) is 0. The van der Waals surface area contributed by atoms with Crippen LogP contribution in [0.2, 0.25) is 0 Å². The number of hydrogen-bond acceptors (Lipinski definition) is 1. The molecule has 10 heavy (non-hydrogen) atoms. The van der Waals surface area contributed by atoms with E-state index in [-0.39, 0.29) is 5.83 Å². The summed E-state index contributed by atoms with van der Waals surface area (Å²) in [5.41, 5.74) is 0.400. The highest BCUT2D eigenvalue weighted by Crippen LogP contribution is 2.13. The van der Waals surface area contributed by atoms with Gasteiger partial charge in [0.2, 0.25) is 0 Å². The normalized spacial score (nSPS) is 12.2. The zero-order valence-corrected chi connectivity index (χ0v) is 6.23. The van der Waals surface area contributed by atoms with Crippen LogP contribution in [0.4, 0.5) is 4.39 Å². The molecule has 0 atom stereocenters. The van der Waals surface area contributed by atoms with Gasteiger partial charge in [-0.1, -0.05) is 19.9 Å². The SMILES string of the molecule is C=C/C(F)=C(/CCC)N=C. The highest BCUT2D eigenvalue weighted by atomic mass is 19.1. The van der Waals surface area contributed by atoms with Gasteiger partial charge in [0.25, 0.3) is 0 Å². The Kier molecular flexibility index (Phi) is 4.46. The molecule has 0 aliphatic carbocycles. The quantitative estimate of drug-likeness (QED) is 0.421. The summed E-state index contributed by atoms with van der Waals surface area (Å²) in [4.78, 5) is 3.53. The molecule has 0 radical (unpaired) electrons. The van der Waals surface area contributed by atoms with E-state index in [1.807, 2.05) is 6.92 Å². The van der Waals surface area contributed by atoms with Crippen molar-refractivity contribution in [1.82, 2.24) is 0 Å². The first-order valence-corrected chi connectivity index (χ1v) is 3.24. The number of hydrogen-bond donors (Lipinski definition) is 0. The molecule has 56 valence electrons. The van der Waals surface area contributed by atoms with Crippen molar-refractivity contribution in [3.63, 3.8) is 0 Å². The lowest BCUT2D eigenvalue weighted by molar-refractivity contribution is 0.641. The lowest BCUT2D eigenvalue weighted by Crippen LogP contribution is -1.80. The van der Waals surface area contributed by atoms with Crippen molar-refractivity contribution < 1.29 is 4.39 Å². The summed E-state index contributed by atoms with van der Waals surface area (Å²) < 4.78 is 12.6. The van der Waals surface area contributed by atoms with Crippen molar-refractivity contribution in [3.8, 4) is 0 Å². The Bertz CT molecular complexity index is 159. The summed E-state index contributed by atoms with van der Waals surface area (Å²) in [7, 11) is 0. The summed E-state index contributed by atoms with van der Waals surface area (Å²) in [5.74, 6) is -0.364. The van der Waals surface area contributed by atoms with E-state index in [4.69, 9.17) is 0 Å². The van der Waals surface area contributed by atoms with Crippen LogP contribution in [0.15, 0.2) is 29.2 Å². The van der Waals surface area contributed by atoms with Crippen molar-refractivity contribution >= 4 is 6.72 Å². The lowest BCUT2D eigenvalue weighted by atomic mass is 10.2. The third-order valence-electron chi connectivity index (χ3n) is 1.13. The van der Waals surface area contributed by atoms with E-state index in [0.29, 0.717) is 12.1 Å². The molecular formula is C8H12FN. The lowest BCUT2D eigenvalue weighted by Gasteiger charge is -1.96. The summed E-state index contributed by atoms with van der Waals surface area (Å²) in [5, 5.41) is 0. The van der Waals surface area contributed by atoms with Gasteiger partial charge in [-0.2, -0.15) is 0 Å². The minimum absolute atomic E-state index is 0.364. The molecule has 0 bridgehead atoms. The molecule has 0 fully saturated rings. The smallest absolute Gasteiger partial charge is 0.144 e. The van der Waals surface area contributed by atoms with E-state index in [2.05, 4.69) is 18.3 Å². The van der Waals surface area contributed by atoms with Crippen molar-refractivity contribution in [2.75, 3.05) is 0 Å². The van der Waals surface area contributed by atoms with E-state index in [0.717, 1.165) is 12.5 Å². The van der Waals surface area contributed by atoms with Crippen LogP contribution in [0.3, 0.4) is 0 Å². The maximum atomic E-state index is 12.6. The minimum atomic E-state index is -0.364. The standard InChI is InChI=1S/C8H12FN/c1-4-6-8(10-3)7(9)5-2/h5H,2-4,6H2,1H3/b8-7+. The average molecular weight is 141 g/mol. The van der Waals surface area contributed by atoms with E-state index in [9.17, 15) is 4.39 Å². The van der Waals surface area contributed by atoms with Crippen LogP contribution >= 0.6 is 0 Å². The van der Waals surface area contributed by atoms with Crippen molar-refractivity contribution in [2.24, 2.45) is 4.99 Å². The number of halogens is 1. The fourth-order valence-corrected chi connectivity index (χ4v) is 0.629. The largest absolute Gasteiger partial charge is 0.266 e. The van der Waals surface area contributed by atoms with Gasteiger partial charge in [0, 0.05) is 0 Å². The van der Waals surface area contributed by atoms with Crippen LogP contribution in [0.5, 0.6) is 0 Å². The zero-order valence-electron chi connectivity index (χ0n) is 6.23. The maximum absolute atomic E-state index is 12.6. The predicted molar refractivity (Wildman–Crippen MR) is 42.8 cm³/mol. The minimum Gasteiger partial charge on any atom is -0.266 e. The van der Waals surface area contributed by atoms with Crippen LogP contribution in [0, 0.1) is 0 Å². The molecule has 0 aliphatic rings. The monoisotopic (exact) mass is 141 g/mol. The Morgan fingerprint density at radius 2 is 2.30 bits per heavy atom. The first-order valence-electron chi connectivity index (χ1n) is 3.24. The van der Waals surface area contributed by atoms with E-state index in [1.54, 1.807) is 0 Å². The van der Waals surface area contributed by atoms with Gasteiger partial charge in [-0.3, -0.25) is 4.99 Å². The third kappa shape index (κ3) is 2.58. The van der Waals surface area contributed by atoms with Gasteiger partial charge >= 0.3 is 0 Å². The maximum Gasteiger partial charge on any atom is 0.144 e. The van der Waals surface area contributed by atoms with Crippen LogP contribution in [0.25, 0.3) is 0 Å². The van der Waals surface area contributed by atoms with Gasteiger partial charge < -0.3 is 0 Å². The second-order valence-electron chi connectivity index (χ2n) is 1.91. The third-order valence-corrected chi connectivity index (χ3v) is 1.13. The molecule has 0 amide bonds. The molecule has 2 heteroatoms. The molecule has 0 saturated carbocycles. The molecule has 0 aliphatic heterocycles. The summed E-state index contributed by atoms with van der Waals surface area (Å²) >= 11 is 0. The molecule has 0 aromatic heterocycles. The molecule has 0 unspecified atom stereocenters. The zero-order chi connectivity index (χ0) is 7.98. The summed E-state index contributed by atoms with van der Waals surface area (Å²) in [6.07, 6.45) is 2.65. The number of aliphatic imine (C=N–C) groups is 1. The van der Waals surface area contributed by atoms with Crippen LogP contribution in [0.1, 0.15) is 19.8 Å². The Hall–Kier alpha value is -0.920. The second kappa shape index (κ2) is 4.91. The van der Waals surface area contributed by atoms with E-state index >= 15 is 0 Å². The summed E-state index contributed by atoms with van der Waals surface area (Å²) in [6.45, 7) is 8.50. The molecule has 0 saturated heterocycles. The molecule has 0 rings (SSSR count). The predicted octanol–water partition coefficient (Wildman–Crippen LogP) is 2.85. The van der Waals surface area contributed by atoms with Gasteiger partial charge in [-0.05, 0) is 19.2 Å². The molecule has 0 heterocycles. The highest BCUT2D eigenvalue weighted by Gasteiger charge is 1.97. The van der Waals surface area contributed by atoms with Crippen LogP contribution in [-0.4, -0.2) is 6.72 Å². The Morgan fingerprint density at radius 1 is 1.70 bits per heavy atom. The molecule has 0 N–H and O–H groups in total. The van der Waals surface area contributed by atoms with Crippen LogP contribution < -0.4 is 0 Å². The molecular weight excluding hydrogens is 129 g/mol. The number of rotatable bonds is 4. The fourth-order valence-electron chi connectivity index (χ4n) is 0.629. The average Bonchev–Trinajstić information content (AvgIpc) is 1.99. The molecule has 0 aromatic rings. The first kappa shape index (κ1) is 9.08. The fraction of sp³-hybridized carbons (Fsp3) is 0.375. The van der Waals surface area contributed by atoms with Crippen LogP contribution in [-0.2, 0) is 0 Å². The van der Waals surface area contributed by atoms with Gasteiger partial charge in [-0.15, -0.1) is 0 Å². The van der Waals surface area contributed by atoms with E-state index < -0.39 is 0 Å². The Morgan fingerprint density at radius 3 is 2.60 bits per heavy atom. The molecule has 1 nitrogen and oxygen atoms in total. The van der Waals surface area contributed by atoms with Crippen molar-refractivity contribution in [2.45, 2.75) is 19.8 Å². The van der Waals surface area contributed by atoms with Gasteiger partial charge in [-0.25, -0.2) is 4.39 Å². The topological polar surface area (TPSA) is 12.4 Å². The number of allylic oxidation sites excluding steroid dienone is 3. The Labute approximate surface area is 61.0 Å². The molecule has 0 spiro atoms. The van der Waals surface area contributed by atoms with Gasteiger partial charge in [0.1, 0.15) is 5.83 Å². The highest BCUT2D eigenvalue weighted by molar-refractivity contribution is 5.31. The van der Waals surface area contributed by atoms with Crippen molar-refractivity contribution in [1.29, 1.82) is 0 Å². The van der Waals surface area contributed by atoms with Gasteiger partial charge in [0.05, 0.1) is 5.70 Å². The van der Waals surface area contributed by atoms with Crippen molar-refractivity contribution in [3.05, 3.63) is 24.2 Å².